The first-order valence-electron chi connectivity index (χ1n) is 8.70. The molecule has 1 aromatic rings. The fraction of sp³-hybridized carbons (Fsp3) is 0.706. The predicted octanol–water partition coefficient (Wildman–Crippen LogP) is 1.59. The molecule has 2 saturated heterocycles. The second kappa shape index (κ2) is 7.15. The molecule has 0 saturated carbocycles. The van der Waals surface area contributed by atoms with Crippen molar-refractivity contribution in [2.75, 3.05) is 19.6 Å². The summed E-state index contributed by atoms with van der Waals surface area (Å²) in [4.78, 5) is 28.1. The van der Waals surface area contributed by atoms with Gasteiger partial charge in [-0.05, 0) is 38.2 Å². The normalized spacial score (nSPS) is 22.0. The minimum Gasteiger partial charge on any atom is -0.342 e. The smallest absolute Gasteiger partial charge is 0.224 e. The molecule has 23 heavy (non-hydrogen) atoms. The first kappa shape index (κ1) is 16.0. The standard InChI is InChI=1S/C17H26N4O2/c1-14-11-18-20(12-14)13-15-5-2-3-9-21(15)17(23)7-10-19-8-4-6-16(19)22/h11-12,15H,2-10,13H2,1H3/t15-/m1/s1. The van der Waals surface area contributed by atoms with Crippen LogP contribution < -0.4 is 0 Å². The monoisotopic (exact) mass is 318 g/mol. The van der Waals surface area contributed by atoms with E-state index in [1.165, 1.54) is 6.42 Å². The number of nitrogens with zero attached hydrogens (tertiary/aromatic N) is 4. The number of aromatic nitrogens is 2. The van der Waals surface area contributed by atoms with Gasteiger partial charge < -0.3 is 9.80 Å². The van der Waals surface area contributed by atoms with Crippen LogP contribution in [0.25, 0.3) is 0 Å². The van der Waals surface area contributed by atoms with Crippen molar-refractivity contribution in [2.24, 2.45) is 0 Å². The molecule has 2 aliphatic rings. The van der Waals surface area contributed by atoms with Gasteiger partial charge in [0.15, 0.2) is 0 Å². The summed E-state index contributed by atoms with van der Waals surface area (Å²) in [6.45, 7) is 5.00. The Morgan fingerprint density at radius 2 is 2.17 bits per heavy atom. The molecule has 0 unspecified atom stereocenters. The van der Waals surface area contributed by atoms with Crippen molar-refractivity contribution in [1.29, 1.82) is 0 Å². The minimum absolute atomic E-state index is 0.179. The van der Waals surface area contributed by atoms with E-state index in [1.807, 2.05) is 33.8 Å². The Balaban J connectivity index is 1.56. The van der Waals surface area contributed by atoms with E-state index < -0.39 is 0 Å². The zero-order valence-electron chi connectivity index (χ0n) is 13.9. The number of carbonyl (C=O) groups is 2. The maximum absolute atomic E-state index is 12.6. The van der Waals surface area contributed by atoms with Crippen molar-refractivity contribution in [3.63, 3.8) is 0 Å². The van der Waals surface area contributed by atoms with Crippen LogP contribution in [0.15, 0.2) is 12.4 Å². The molecular weight excluding hydrogens is 292 g/mol. The largest absolute Gasteiger partial charge is 0.342 e. The summed E-state index contributed by atoms with van der Waals surface area (Å²) in [5.41, 5.74) is 1.14. The molecular formula is C17H26N4O2. The highest BCUT2D eigenvalue weighted by molar-refractivity contribution is 5.80. The van der Waals surface area contributed by atoms with Gasteiger partial charge in [0.1, 0.15) is 0 Å². The lowest BCUT2D eigenvalue weighted by molar-refractivity contribution is -0.136. The molecule has 126 valence electrons. The van der Waals surface area contributed by atoms with E-state index in [2.05, 4.69) is 5.10 Å². The van der Waals surface area contributed by atoms with Crippen molar-refractivity contribution < 1.29 is 9.59 Å². The first-order chi connectivity index (χ1) is 11.1. The van der Waals surface area contributed by atoms with E-state index in [9.17, 15) is 9.59 Å². The van der Waals surface area contributed by atoms with Crippen molar-refractivity contribution in [3.8, 4) is 0 Å². The first-order valence-corrected chi connectivity index (χ1v) is 8.70. The lowest BCUT2D eigenvalue weighted by Gasteiger charge is -2.36. The van der Waals surface area contributed by atoms with Gasteiger partial charge in [0, 0.05) is 38.7 Å². The van der Waals surface area contributed by atoms with Crippen LogP contribution in [0.1, 0.15) is 44.1 Å². The lowest BCUT2D eigenvalue weighted by atomic mass is 10.0. The Labute approximate surface area is 137 Å². The third-order valence-corrected chi connectivity index (χ3v) is 4.87. The quantitative estimate of drug-likeness (QED) is 0.828. The van der Waals surface area contributed by atoms with Gasteiger partial charge in [-0.2, -0.15) is 5.10 Å². The van der Waals surface area contributed by atoms with Crippen LogP contribution in [0.4, 0.5) is 0 Å². The number of amides is 2. The van der Waals surface area contributed by atoms with Crippen molar-refractivity contribution in [3.05, 3.63) is 18.0 Å². The zero-order valence-corrected chi connectivity index (χ0v) is 13.9. The topological polar surface area (TPSA) is 58.4 Å². The van der Waals surface area contributed by atoms with Gasteiger partial charge in [-0.25, -0.2) is 0 Å². The van der Waals surface area contributed by atoms with Crippen molar-refractivity contribution >= 4 is 11.8 Å². The van der Waals surface area contributed by atoms with Gasteiger partial charge in [-0.3, -0.25) is 14.3 Å². The van der Waals surface area contributed by atoms with Crippen LogP contribution in [-0.2, 0) is 16.1 Å². The molecule has 2 aliphatic heterocycles. The average Bonchev–Trinajstić information content (AvgIpc) is 3.14. The summed E-state index contributed by atoms with van der Waals surface area (Å²) in [5.74, 6) is 0.373. The second-order valence-corrected chi connectivity index (χ2v) is 6.71. The van der Waals surface area contributed by atoms with Crippen LogP contribution >= 0.6 is 0 Å². The molecule has 3 rings (SSSR count). The van der Waals surface area contributed by atoms with E-state index in [1.54, 1.807) is 0 Å². The summed E-state index contributed by atoms with van der Waals surface area (Å²) >= 11 is 0. The molecule has 6 nitrogen and oxygen atoms in total. The number of hydrogen-bond acceptors (Lipinski definition) is 3. The van der Waals surface area contributed by atoms with E-state index in [0.717, 1.165) is 44.5 Å². The van der Waals surface area contributed by atoms with Gasteiger partial charge in [0.2, 0.25) is 11.8 Å². The van der Waals surface area contributed by atoms with Crippen molar-refractivity contribution in [2.45, 2.75) is 58.0 Å². The van der Waals surface area contributed by atoms with E-state index in [0.29, 0.717) is 19.4 Å². The molecule has 0 bridgehead atoms. The molecule has 2 fully saturated rings. The molecule has 1 atom stereocenters. The molecule has 0 aliphatic carbocycles. The lowest BCUT2D eigenvalue weighted by Crippen LogP contribution is -2.46. The van der Waals surface area contributed by atoms with E-state index >= 15 is 0 Å². The third-order valence-electron chi connectivity index (χ3n) is 4.87. The van der Waals surface area contributed by atoms with Crippen LogP contribution in [0.2, 0.25) is 0 Å². The van der Waals surface area contributed by atoms with Gasteiger partial charge in [-0.15, -0.1) is 0 Å². The number of aryl methyl sites for hydroxylation is 1. The molecule has 0 N–H and O–H groups in total. The molecule has 3 heterocycles. The van der Waals surface area contributed by atoms with Crippen LogP contribution in [0.3, 0.4) is 0 Å². The zero-order chi connectivity index (χ0) is 16.2. The number of likely N-dealkylation sites (tertiary alicyclic amines) is 2. The fourth-order valence-electron chi connectivity index (χ4n) is 3.62. The van der Waals surface area contributed by atoms with E-state index in [4.69, 9.17) is 0 Å². The maximum atomic E-state index is 12.6. The molecule has 2 amide bonds. The van der Waals surface area contributed by atoms with E-state index in [-0.39, 0.29) is 17.9 Å². The van der Waals surface area contributed by atoms with Gasteiger partial charge in [0.05, 0.1) is 18.8 Å². The number of carbonyl (C=O) groups excluding carboxylic acids is 2. The molecule has 1 aromatic heterocycles. The summed E-state index contributed by atoms with van der Waals surface area (Å²) in [6.07, 6.45) is 9.17. The van der Waals surface area contributed by atoms with Gasteiger partial charge in [0.25, 0.3) is 0 Å². The molecule has 0 spiro atoms. The van der Waals surface area contributed by atoms with Crippen LogP contribution in [0.5, 0.6) is 0 Å². The minimum atomic E-state index is 0.179. The number of piperidine rings is 1. The number of rotatable bonds is 5. The molecule has 6 heteroatoms. The van der Waals surface area contributed by atoms with Gasteiger partial charge in [-0.1, -0.05) is 0 Å². The Kier molecular flexibility index (Phi) is 4.98. The molecule has 0 radical (unpaired) electrons. The Bertz CT molecular complexity index is 569. The third kappa shape index (κ3) is 3.92. The summed E-state index contributed by atoms with van der Waals surface area (Å²) in [5, 5.41) is 4.35. The van der Waals surface area contributed by atoms with Gasteiger partial charge >= 0.3 is 0 Å². The average molecular weight is 318 g/mol. The highest BCUT2D eigenvalue weighted by atomic mass is 16.2. The number of hydrogen-bond donors (Lipinski definition) is 0. The second-order valence-electron chi connectivity index (χ2n) is 6.71. The summed E-state index contributed by atoms with van der Waals surface area (Å²) in [6, 6.07) is 0.227. The highest BCUT2D eigenvalue weighted by Crippen LogP contribution is 2.20. The predicted molar refractivity (Wildman–Crippen MR) is 86.7 cm³/mol. The Morgan fingerprint density at radius 1 is 1.30 bits per heavy atom. The highest BCUT2D eigenvalue weighted by Gasteiger charge is 2.28. The van der Waals surface area contributed by atoms with Crippen LogP contribution in [0, 0.1) is 6.92 Å². The SMILES string of the molecule is Cc1cnn(C[C@H]2CCCCN2C(=O)CCN2CCCC2=O)c1. The maximum Gasteiger partial charge on any atom is 0.224 e. The summed E-state index contributed by atoms with van der Waals surface area (Å²) in [7, 11) is 0. The van der Waals surface area contributed by atoms with Crippen molar-refractivity contribution in [1.82, 2.24) is 19.6 Å². The fourth-order valence-corrected chi connectivity index (χ4v) is 3.62. The Morgan fingerprint density at radius 3 is 2.87 bits per heavy atom. The van der Waals surface area contributed by atoms with Crippen LogP contribution in [-0.4, -0.2) is 57.1 Å². The molecule has 0 aromatic carbocycles. The Hall–Kier alpha value is -1.85. The summed E-state index contributed by atoms with van der Waals surface area (Å²) < 4.78 is 1.94.